The summed E-state index contributed by atoms with van der Waals surface area (Å²) in [6, 6.07) is 16.6. The van der Waals surface area contributed by atoms with Crippen molar-refractivity contribution in [1.82, 2.24) is 10.2 Å². The Morgan fingerprint density at radius 3 is 2.74 bits per heavy atom. The molecular formula is C19H21BrN2O. The summed E-state index contributed by atoms with van der Waals surface area (Å²) in [7, 11) is 4.17. The minimum Gasteiger partial charge on any atom is -0.456 e. The summed E-state index contributed by atoms with van der Waals surface area (Å²) in [6.07, 6.45) is 0. The van der Waals surface area contributed by atoms with Gasteiger partial charge in [-0.05, 0) is 43.9 Å². The molecule has 0 aliphatic rings. The molecule has 1 heterocycles. The van der Waals surface area contributed by atoms with Gasteiger partial charge in [-0.2, -0.15) is 0 Å². The maximum atomic E-state index is 6.04. The van der Waals surface area contributed by atoms with Crippen molar-refractivity contribution in [2.45, 2.75) is 6.54 Å². The molecule has 0 unspecified atom stereocenters. The van der Waals surface area contributed by atoms with Crippen molar-refractivity contribution in [2.75, 3.05) is 27.2 Å². The van der Waals surface area contributed by atoms with Crippen LogP contribution >= 0.6 is 15.9 Å². The molecule has 0 fully saturated rings. The van der Waals surface area contributed by atoms with Crippen LogP contribution in [0.5, 0.6) is 0 Å². The van der Waals surface area contributed by atoms with Crippen LogP contribution in [0.4, 0.5) is 0 Å². The number of furan rings is 1. The third-order valence-electron chi connectivity index (χ3n) is 3.81. The largest absolute Gasteiger partial charge is 0.456 e. The molecule has 4 heteroatoms. The van der Waals surface area contributed by atoms with Crippen LogP contribution < -0.4 is 5.32 Å². The molecule has 3 rings (SSSR count). The lowest BCUT2D eigenvalue weighted by molar-refractivity contribution is 0.400. The third kappa shape index (κ3) is 4.02. The molecule has 0 spiro atoms. The molecule has 0 atom stereocenters. The summed E-state index contributed by atoms with van der Waals surface area (Å²) in [6.45, 7) is 2.83. The Labute approximate surface area is 145 Å². The van der Waals surface area contributed by atoms with Gasteiger partial charge in [0, 0.05) is 35.1 Å². The molecule has 0 aliphatic carbocycles. The van der Waals surface area contributed by atoms with Crippen molar-refractivity contribution < 1.29 is 4.42 Å². The van der Waals surface area contributed by atoms with Crippen molar-refractivity contribution in [3.05, 3.63) is 58.6 Å². The zero-order chi connectivity index (χ0) is 16.2. The topological polar surface area (TPSA) is 28.4 Å². The summed E-state index contributed by atoms with van der Waals surface area (Å²) in [5.41, 5.74) is 3.32. The number of nitrogens with one attached hydrogen (secondary N) is 1. The molecule has 23 heavy (non-hydrogen) atoms. The van der Waals surface area contributed by atoms with Gasteiger partial charge in [-0.1, -0.05) is 40.2 Å². The minimum absolute atomic E-state index is 0.838. The highest BCUT2D eigenvalue weighted by Gasteiger charge is 2.10. The molecule has 0 saturated carbocycles. The van der Waals surface area contributed by atoms with Crippen LogP contribution in [-0.2, 0) is 6.54 Å². The van der Waals surface area contributed by atoms with Gasteiger partial charge in [0.15, 0.2) is 0 Å². The first kappa shape index (κ1) is 16.2. The van der Waals surface area contributed by atoms with E-state index in [2.05, 4.69) is 76.6 Å². The van der Waals surface area contributed by atoms with Gasteiger partial charge in [-0.15, -0.1) is 0 Å². The lowest BCUT2D eigenvalue weighted by Crippen LogP contribution is -2.26. The van der Waals surface area contributed by atoms with E-state index in [9.17, 15) is 0 Å². The number of fused-ring (bicyclic) bond motifs is 1. The SMILES string of the molecule is CN(C)CCNCc1ccccc1-c1cc2cc(Br)ccc2o1. The van der Waals surface area contributed by atoms with Crippen LogP contribution in [0.15, 0.2) is 57.4 Å². The summed E-state index contributed by atoms with van der Waals surface area (Å²) < 4.78 is 7.10. The first-order valence-corrected chi connectivity index (χ1v) is 8.55. The quantitative estimate of drug-likeness (QED) is 0.645. The van der Waals surface area contributed by atoms with E-state index in [1.54, 1.807) is 0 Å². The van der Waals surface area contributed by atoms with Crippen molar-refractivity contribution in [2.24, 2.45) is 0 Å². The second-order valence-corrected chi connectivity index (χ2v) is 6.85. The van der Waals surface area contributed by atoms with Gasteiger partial charge in [0.2, 0.25) is 0 Å². The first-order chi connectivity index (χ1) is 11.1. The monoisotopic (exact) mass is 372 g/mol. The van der Waals surface area contributed by atoms with Gasteiger partial charge >= 0.3 is 0 Å². The highest BCUT2D eigenvalue weighted by molar-refractivity contribution is 9.10. The number of likely N-dealkylation sites (N-methyl/N-ethyl adjacent to an activating group) is 1. The number of halogens is 1. The van der Waals surface area contributed by atoms with E-state index in [4.69, 9.17) is 4.42 Å². The first-order valence-electron chi connectivity index (χ1n) is 7.76. The van der Waals surface area contributed by atoms with E-state index in [0.717, 1.165) is 46.4 Å². The van der Waals surface area contributed by atoms with Crippen LogP contribution in [-0.4, -0.2) is 32.1 Å². The van der Waals surface area contributed by atoms with Gasteiger partial charge in [0.05, 0.1) is 0 Å². The molecule has 2 aromatic carbocycles. The van der Waals surface area contributed by atoms with Gasteiger partial charge in [0.25, 0.3) is 0 Å². The summed E-state index contributed by atoms with van der Waals surface area (Å²) >= 11 is 3.51. The van der Waals surface area contributed by atoms with Crippen LogP contribution in [0.2, 0.25) is 0 Å². The van der Waals surface area contributed by atoms with E-state index in [0.29, 0.717) is 0 Å². The molecule has 0 bridgehead atoms. The summed E-state index contributed by atoms with van der Waals surface area (Å²) in [5, 5.41) is 4.61. The normalized spacial score (nSPS) is 11.5. The van der Waals surface area contributed by atoms with Gasteiger partial charge in [0.1, 0.15) is 11.3 Å². The fourth-order valence-electron chi connectivity index (χ4n) is 2.59. The molecule has 120 valence electrons. The number of rotatable bonds is 6. The molecule has 1 aromatic heterocycles. The second-order valence-electron chi connectivity index (χ2n) is 5.93. The molecule has 0 radical (unpaired) electrons. The maximum absolute atomic E-state index is 6.04. The third-order valence-corrected chi connectivity index (χ3v) is 4.31. The zero-order valence-corrected chi connectivity index (χ0v) is 15.1. The fraction of sp³-hybridized carbons (Fsp3) is 0.263. The number of hydrogen-bond acceptors (Lipinski definition) is 3. The number of nitrogens with zero attached hydrogens (tertiary/aromatic N) is 1. The van der Waals surface area contributed by atoms with Gasteiger partial charge in [-0.3, -0.25) is 0 Å². The Balaban J connectivity index is 1.83. The molecule has 0 amide bonds. The van der Waals surface area contributed by atoms with Crippen LogP contribution in [0.25, 0.3) is 22.3 Å². The van der Waals surface area contributed by atoms with Crippen LogP contribution in [0, 0.1) is 0 Å². The Morgan fingerprint density at radius 1 is 1.09 bits per heavy atom. The number of hydrogen-bond donors (Lipinski definition) is 1. The minimum atomic E-state index is 0.838. The zero-order valence-electron chi connectivity index (χ0n) is 13.5. The predicted molar refractivity (Wildman–Crippen MR) is 99.6 cm³/mol. The molecule has 3 nitrogen and oxygen atoms in total. The average Bonchev–Trinajstić information content (AvgIpc) is 2.94. The van der Waals surface area contributed by atoms with Gasteiger partial charge in [-0.25, -0.2) is 0 Å². The summed E-state index contributed by atoms with van der Waals surface area (Å²) in [5.74, 6) is 0.920. The van der Waals surface area contributed by atoms with Crippen LogP contribution in [0.3, 0.4) is 0 Å². The summed E-state index contributed by atoms with van der Waals surface area (Å²) in [4.78, 5) is 2.18. The Hall–Kier alpha value is -1.62. The Bertz CT molecular complexity index is 795. The lowest BCUT2D eigenvalue weighted by Gasteiger charge is -2.12. The molecule has 0 saturated heterocycles. The van der Waals surface area contributed by atoms with Crippen LogP contribution in [0.1, 0.15) is 5.56 Å². The van der Waals surface area contributed by atoms with Crippen molar-refractivity contribution in [3.63, 3.8) is 0 Å². The lowest BCUT2D eigenvalue weighted by atomic mass is 10.0. The highest BCUT2D eigenvalue weighted by Crippen LogP contribution is 2.31. The Morgan fingerprint density at radius 2 is 1.91 bits per heavy atom. The number of benzene rings is 2. The highest BCUT2D eigenvalue weighted by atomic mass is 79.9. The average molecular weight is 373 g/mol. The van der Waals surface area contributed by atoms with E-state index in [1.165, 1.54) is 5.56 Å². The van der Waals surface area contributed by atoms with E-state index >= 15 is 0 Å². The van der Waals surface area contributed by atoms with E-state index in [1.807, 2.05) is 12.1 Å². The standard InChI is InChI=1S/C19H21BrN2O/c1-22(2)10-9-21-13-14-5-3-4-6-17(14)19-12-15-11-16(20)7-8-18(15)23-19/h3-8,11-12,21H,9-10,13H2,1-2H3. The van der Waals surface area contributed by atoms with Gasteiger partial charge < -0.3 is 14.6 Å². The van der Waals surface area contributed by atoms with Crippen molar-refractivity contribution >= 4 is 26.9 Å². The van der Waals surface area contributed by atoms with E-state index in [-0.39, 0.29) is 0 Å². The predicted octanol–water partition coefficient (Wildman–Crippen LogP) is 4.51. The van der Waals surface area contributed by atoms with Crippen molar-refractivity contribution in [1.29, 1.82) is 0 Å². The molecule has 0 aliphatic heterocycles. The second kappa shape index (κ2) is 7.30. The maximum Gasteiger partial charge on any atom is 0.135 e. The van der Waals surface area contributed by atoms with E-state index < -0.39 is 0 Å². The molecule has 3 aromatic rings. The molecular weight excluding hydrogens is 352 g/mol. The molecule has 1 N–H and O–H groups in total. The Kier molecular flexibility index (Phi) is 5.16. The smallest absolute Gasteiger partial charge is 0.135 e. The fourth-order valence-corrected chi connectivity index (χ4v) is 2.97. The van der Waals surface area contributed by atoms with Crippen molar-refractivity contribution in [3.8, 4) is 11.3 Å².